The van der Waals surface area contributed by atoms with E-state index in [1.807, 2.05) is 6.08 Å². The molecule has 110 valence electrons. The van der Waals surface area contributed by atoms with Crippen molar-refractivity contribution in [3.8, 4) is 0 Å². The molecule has 0 unspecified atom stereocenters. The van der Waals surface area contributed by atoms with E-state index in [4.69, 9.17) is 9.59 Å². The summed E-state index contributed by atoms with van der Waals surface area (Å²) in [6.07, 6.45) is 5.50. The lowest BCUT2D eigenvalue weighted by Gasteiger charge is -2.01. The fraction of sp³-hybridized carbons (Fsp3) is 0.154. The van der Waals surface area contributed by atoms with E-state index in [0.717, 1.165) is 11.3 Å². The van der Waals surface area contributed by atoms with Crippen LogP contribution in [-0.4, -0.2) is 35.7 Å². The number of benzene rings is 1. The summed E-state index contributed by atoms with van der Waals surface area (Å²) >= 11 is 0. The van der Waals surface area contributed by atoms with E-state index in [-0.39, 0.29) is 11.9 Å². The molecule has 7 nitrogen and oxygen atoms in total. The van der Waals surface area contributed by atoms with Crippen molar-refractivity contribution < 1.29 is 18.0 Å². The van der Waals surface area contributed by atoms with E-state index in [1.165, 1.54) is 0 Å². The van der Waals surface area contributed by atoms with Gasteiger partial charge in [0, 0.05) is 0 Å². The molecule has 21 heavy (non-hydrogen) atoms. The zero-order chi connectivity index (χ0) is 15.7. The maximum absolute atomic E-state index is 11.6. The van der Waals surface area contributed by atoms with E-state index in [1.54, 1.807) is 43.5 Å². The third-order valence-corrected chi connectivity index (χ3v) is 4.25. The number of hydrogen-bond donors (Lipinski definition) is 1. The lowest BCUT2D eigenvalue weighted by atomic mass is 10.2. The lowest BCUT2D eigenvalue weighted by molar-refractivity contribution is -0.191. The Kier molecular flexibility index (Phi) is 6.19. The molecule has 0 atom stereocenters. The highest BCUT2D eigenvalue weighted by atomic mass is 32.2. The van der Waals surface area contributed by atoms with Crippen LogP contribution in [0.15, 0.2) is 35.4 Å². The van der Waals surface area contributed by atoms with Gasteiger partial charge in [-0.05, 0) is 23.8 Å². The molecule has 0 saturated carbocycles. The summed E-state index contributed by atoms with van der Waals surface area (Å²) in [5, 5.41) is 10.1. The van der Waals surface area contributed by atoms with Crippen molar-refractivity contribution in [3.05, 3.63) is 41.7 Å². The highest BCUT2D eigenvalue weighted by Crippen LogP contribution is 2.13. The molecule has 8 heteroatoms. The SMILES string of the molecule is CCS(=O)(=O)c1ccc(C=Cc2cn[nH]n2)cc1.O=C=O. The molecule has 0 saturated heterocycles. The molecule has 2 aromatic rings. The summed E-state index contributed by atoms with van der Waals surface area (Å²) in [6.45, 7) is 1.63. The Bertz CT molecular complexity index is 713. The fourth-order valence-electron chi connectivity index (χ4n) is 1.43. The molecule has 1 aromatic heterocycles. The van der Waals surface area contributed by atoms with Crippen molar-refractivity contribution in [1.29, 1.82) is 0 Å². The Morgan fingerprint density at radius 2 is 1.81 bits per heavy atom. The zero-order valence-corrected chi connectivity index (χ0v) is 12.0. The molecule has 0 fully saturated rings. The van der Waals surface area contributed by atoms with Crippen LogP contribution in [0, 0.1) is 0 Å². The van der Waals surface area contributed by atoms with Crippen molar-refractivity contribution in [3.63, 3.8) is 0 Å². The smallest absolute Gasteiger partial charge is 0.224 e. The van der Waals surface area contributed by atoms with Crippen molar-refractivity contribution in [2.24, 2.45) is 0 Å². The van der Waals surface area contributed by atoms with Gasteiger partial charge in [0.15, 0.2) is 9.84 Å². The highest BCUT2D eigenvalue weighted by Gasteiger charge is 2.09. The van der Waals surface area contributed by atoms with E-state index in [0.29, 0.717) is 4.90 Å². The summed E-state index contributed by atoms with van der Waals surface area (Å²) in [4.78, 5) is 16.6. The Morgan fingerprint density at radius 1 is 1.19 bits per heavy atom. The van der Waals surface area contributed by atoms with Crippen LogP contribution < -0.4 is 0 Å². The van der Waals surface area contributed by atoms with Crippen LogP contribution in [0.3, 0.4) is 0 Å². The van der Waals surface area contributed by atoms with Gasteiger partial charge in [0.1, 0.15) is 5.69 Å². The largest absolute Gasteiger partial charge is 0.373 e. The van der Waals surface area contributed by atoms with Crippen molar-refractivity contribution in [2.45, 2.75) is 11.8 Å². The predicted molar refractivity (Wildman–Crippen MR) is 74.5 cm³/mol. The molecule has 0 bridgehead atoms. The first kappa shape index (κ1) is 16.5. The average Bonchev–Trinajstić information content (AvgIpc) is 3.00. The zero-order valence-electron chi connectivity index (χ0n) is 11.2. The Balaban J connectivity index is 0.000000677. The number of carbonyl (C=O) groups excluding carboxylic acids is 2. The molecule has 0 radical (unpaired) electrons. The van der Waals surface area contributed by atoms with Crippen LogP contribution in [0.4, 0.5) is 0 Å². The van der Waals surface area contributed by atoms with Crippen LogP contribution in [0.2, 0.25) is 0 Å². The number of nitrogens with one attached hydrogen (secondary N) is 1. The Labute approximate surface area is 121 Å². The van der Waals surface area contributed by atoms with Gasteiger partial charge in [-0.3, -0.25) is 0 Å². The van der Waals surface area contributed by atoms with Crippen LogP contribution >= 0.6 is 0 Å². The summed E-state index contributed by atoms with van der Waals surface area (Å²) < 4.78 is 23.2. The lowest BCUT2D eigenvalue weighted by Crippen LogP contribution is -2.02. The predicted octanol–water partition coefficient (Wildman–Crippen LogP) is 1.19. The van der Waals surface area contributed by atoms with Gasteiger partial charge < -0.3 is 0 Å². The third-order valence-electron chi connectivity index (χ3n) is 2.50. The van der Waals surface area contributed by atoms with Gasteiger partial charge in [-0.2, -0.15) is 25.0 Å². The molecule has 0 aliphatic heterocycles. The maximum Gasteiger partial charge on any atom is 0.373 e. The molecule has 0 spiro atoms. The minimum absolute atomic E-state index is 0.112. The molecular formula is C13H13N3O4S. The van der Waals surface area contributed by atoms with Gasteiger partial charge in [0.05, 0.1) is 16.8 Å². The van der Waals surface area contributed by atoms with Gasteiger partial charge in [-0.15, -0.1) is 0 Å². The first-order chi connectivity index (χ1) is 10.0. The minimum Gasteiger partial charge on any atom is -0.224 e. The van der Waals surface area contributed by atoms with Crippen molar-refractivity contribution >= 4 is 28.1 Å². The molecule has 0 aliphatic carbocycles. The molecule has 1 heterocycles. The summed E-state index contributed by atoms with van der Waals surface area (Å²) in [5.41, 5.74) is 1.63. The number of aromatic amines is 1. The van der Waals surface area contributed by atoms with Crippen molar-refractivity contribution in [1.82, 2.24) is 15.4 Å². The highest BCUT2D eigenvalue weighted by molar-refractivity contribution is 7.91. The number of hydrogen-bond acceptors (Lipinski definition) is 6. The number of nitrogens with zero attached hydrogens (tertiary/aromatic N) is 2. The number of H-pyrrole nitrogens is 1. The maximum atomic E-state index is 11.6. The van der Waals surface area contributed by atoms with E-state index >= 15 is 0 Å². The van der Waals surface area contributed by atoms with Crippen LogP contribution in [-0.2, 0) is 19.4 Å². The van der Waals surface area contributed by atoms with Gasteiger partial charge in [-0.1, -0.05) is 25.1 Å². The fourth-order valence-corrected chi connectivity index (χ4v) is 2.31. The molecule has 1 N–H and O–H groups in total. The van der Waals surface area contributed by atoms with Gasteiger partial charge in [0.2, 0.25) is 0 Å². The molecule has 0 amide bonds. The van der Waals surface area contributed by atoms with Gasteiger partial charge in [0.25, 0.3) is 0 Å². The molecule has 2 rings (SSSR count). The summed E-state index contributed by atoms with van der Waals surface area (Å²) in [6, 6.07) is 6.75. The first-order valence-electron chi connectivity index (χ1n) is 5.89. The van der Waals surface area contributed by atoms with E-state index < -0.39 is 9.84 Å². The van der Waals surface area contributed by atoms with Crippen LogP contribution in [0.1, 0.15) is 18.2 Å². The van der Waals surface area contributed by atoms with Crippen molar-refractivity contribution in [2.75, 3.05) is 5.75 Å². The number of aromatic nitrogens is 3. The number of rotatable bonds is 4. The van der Waals surface area contributed by atoms with E-state index in [9.17, 15) is 8.42 Å². The standard InChI is InChI=1S/C12H13N3O2S.CO2/c1-2-18(16,17)12-7-4-10(5-8-12)3-6-11-9-13-15-14-11;2-1-3/h3-9H,2H2,1H3,(H,13,14,15);. The average molecular weight is 307 g/mol. The van der Waals surface area contributed by atoms with Crippen LogP contribution in [0.5, 0.6) is 0 Å². The van der Waals surface area contributed by atoms with E-state index in [2.05, 4.69) is 15.4 Å². The molecule has 0 aliphatic rings. The first-order valence-corrected chi connectivity index (χ1v) is 7.54. The molecular weight excluding hydrogens is 294 g/mol. The second kappa shape index (κ2) is 7.88. The van der Waals surface area contributed by atoms with Gasteiger partial charge >= 0.3 is 6.15 Å². The molecule has 1 aromatic carbocycles. The quantitative estimate of drug-likeness (QED) is 0.908. The Morgan fingerprint density at radius 3 is 2.29 bits per heavy atom. The Hall–Kier alpha value is -2.57. The topological polar surface area (TPSA) is 110 Å². The number of sulfone groups is 1. The monoisotopic (exact) mass is 307 g/mol. The van der Waals surface area contributed by atoms with Gasteiger partial charge in [-0.25, -0.2) is 8.42 Å². The normalized spacial score (nSPS) is 10.7. The summed E-state index contributed by atoms with van der Waals surface area (Å²) in [7, 11) is -3.12. The summed E-state index contributed by atoms with van der Waals surface area (Å²) in [5.74, 6) is 0.112. The third kappa shape index (κ3) is 5.13. The minimum atomic E-state index is -3.12. The second-order valence-corrected chi connectivity index (χ2v) is 6.06. The van der Waals surface area contributed by atoms with Crippen LogP contribution in [0.25, 0.3) is 12.2 Å². The second-order valence-electron chi connectivity index (χ2n) is 3.78.